The first-order valence-corrected chi connectivity index (χ1v) is 13.3. The molecule has 2 fully saturated rings. The molecule has 3 rings (SSSR count). The van der Waals surface area contributed by atoms with Gasteiger partial charge in [0, 0.05) is 45.3 Å². The molecule has 1 N–H and O–H groups in total. The van der Waals surface area contributed by atoms with Crippen molar-refractivity contribution in [2.75, 3.05) is 52.4 Å². The number of piperidine rings is 1. The minimum atomic E-state index is -3.69. The summed E-state index contributed by atoms with van der Waals surface area (Å²) in [6, 6.07) is 6.23. The van der Waals surface area contributed by atoms with Gasteiger partial charge >= 0.3 is 12.0 Å². The molecule has 0 aliphatic carbocycles. The lowest BCUT2D eigenvalue weighted by atomic mass is 10.0. The van der Waals surface area contributed by atoms with E-state index < -0.39 is 16.0 Å². The molecular formula is C23H36N4O5S. The fraction of sp³-hybridized carbons (Fsp3) is 0.652. The standard InChI is InChI=1S/C23H36N4O5S/c1-3-32-22(28)20-8-10-21(11-9-20)33(30,31)27-17-15-26(16-18-27)23(29)24-12-6-14-25-13-5-4-7-19(25)2/h8-11,19H,3-7,12-18H2,1-2H3,(H,24,29)/t19-/m1/s1. The van der Waals surface area contributed by atoms with Crippen LogP contribution in [0.3, 0.4) is 0 Å². The van der Waals surface area contributed by atoms with E-state index in [9.17, 15) is 18.0 Å². The number of hydrogen-bond donors (Lipinski definition) is 1. The number of carbonyl (C=O) groups is 2. The van der Waals surface area contributed by atoms with Crippen molar-refractivity contribution in [3.8, 4) is 0 Å². The van der Waals surface area contributed by atoms with Gasteiger partial charge in [0.25, 0.3) is 0 Å². The molecule has 0 unspecified atom stereocenters. The fourth-order valence-corrected chi connectivity index (χ4v) is 5.76. The van der Waals surface area contributed by atoms with Gasteiger partial charge < -0.3 is 19.9 Å². The van der Waals surface area contributed by atoms with Gasteiger partial charge in [-0.15, -0.1) is 0 Å². The van der Waals surface area contributed by atoms with Crippen LogP contribution in [-0.4, -0.2) is 93.0 Å². The third kappa shape index (κ3) is 6.68. The number of rotatable bonds is 8. The molecule has 2 heterocycles. The van der Waals surface area contributed by atoms with E-state index in [1.54, 1.807) is 11.8 Å². The molecular weight excluding hydrogens is 444 g/mol. The Morgan fingerprint density at radius 1 is 1.06 bits per heavy atom. The highest BCUT2D eigenvalue weighted by atomic mass is 32.2. The Bertz CT molecular complexity index is 898. The van der Waals surface area contributed by atoms with Crippen LogP contribution in [0.2, 0.25) is 0 Å². The zero-order valence-electron chi connectivity index (χ0n) is 19.7. The van der Waals surface area contributed by atoms with Crippen molar-refractivity contribution in [1.82, 2.24) is 19.4 Å². The second-order valence-electron chi connectivity index (χ2n) is 8.60. The minimum Gasteiger partial charge on any atom is -0.462 e. The number of benzene rings is 1. The van der Waals surface area contributed by atoms with E-state index in [0.717, 1.165) is 19.5 Å². The number of esters is 1. The van der Waals surface area contributed by atoms with Gasteiger partial charge in [-0.05, 0) is 63.9 Å². The molecule has 0 saturated carbocycles. The Morgan fingerprint density at radius 2 is 1.76 bits per heavy atom. The number of nitrogens with zero attached hydrogens (tertiary/aromatic N) is 3. The normalized spacial score (nSPS) is 20.4. The summed E-state index contributed by atoms with van der Waals surface area (Å²) in [5.41, 5.74) is 0.312. The third-order valence-corrected chi connectivity index (χ3v) is 8.28. The monoisotopic (exact) mass is 480 g/mol. The van der Waals surface area contributed by atoms with Crippen LogP contribution in [0, 0.1) is 0 Å². The third-order valence-electron chi connectivity index (χ3n) is 6.37. The van der Waals surface area contributed by atoms with Gasteiger partial charge in [0.05, 0.1) is 17.1 Å². The van der Waals surface area contributed by atoms with Crippen LogP contribution in [0.5, 0.6) is 0 Å². The summed E-state index contributed by atoms with van der Waals surface area (Å²) >= 11 is 0. The molecule has 1 aromatic carbocycles. The minimum absolute atomic E-state index is 0.125. The number of sulfonamides is 1. The predicted molar refractivity (Wildman–Crippen MR) is 126 cm³/mol. The smallest absolute Gasteiger partial charge is 0.338 e. The van der Waals surface area contributed by atoms with Crippen LogP contribution < -0.4 is 5.32 Å². The SMILES string of the molecule is CCOC(=O)c1ccc(S(=O)(=O)N2CCN(C(=O)NCCCN3CCCC[C@H]3C)CC2)cc1. The van der Waals surface area contributed by atoms with Crippen LogP contribution in [0.15, 0.2) is 29.2 Å². The van der Waals surface area contributed by atoms with Crippen molar-refractivity contribution in [2.45, 2.75) is 50.5 Å². The topological polar surface area (TPSA) is 99.3 Å². The van der Waals surface area contributed by atoms with Gasteiger partial charge in [-0.25, -0.2) is 18.0 Å². The van der Waals surface area contributed by atoms with Crippen molar-refractivity contribution in [3.05, 3.63) is 29.8 Å². The quantitative estimate of drug-likeness (QED) is 0.452. The number of piperazine rings is 1. The summed E-state index contributed by atoms with van der Waals surface area (Å²) < 4.78 is 32.2. The molecule has 184 valence electrons. The van der Waals surface area contributed by atoms with Crippen molar-refractivity contribution in [1.29, 1.82) is 0 Å². The van der Waals surface area contributed by atoms with E-state index in [-0.39, 0.29) is 30.6 Å². The van der Waals surface area contributed by atoms with Gasteiger partial charge in [-0.3, -0.25) is 0 Å². The highest BCUT2D eigenvalue weighted by Crippen LogP contribution is 2.19. The largest absolute Gasteiger partial charge is 0.462 e. The first-order chi connectivity index (χ1) is 15.8. The molecule has 10 heteroatoms. The van der Waals surface area contributed by atoms with Gasteiger partial charge in [0.1, 0.15) is 0 Å². The van der Waals surface area contributed by atoms with E-state index in [1.807, 2.05) is 0 Å². The number of nitrogens with one attached hydrogen (secondary N) is 1. The second kappa shape index (κ2) is 11.8. The van der Waals surface area contributed by atoms with Crippen molar-refractivity contribution >= 4 is 22.0 Å². The van der Waals surface area contributed by atoms with Gasteiger partial charge in [-0.2, -0.15) is 4.31 Å². The molecule has 1 atom stereocenters. The van der Waals surface area contributed by atoms with Crippen LogP contribution in [0.25, 0.3) is 0 Å². The summed E-state index contributed by atoms with van der Waals surface area (Å²) in [5.74, 6) is -0.480. The molecule has 9 nitrogen and oxygen atoms in total. The number of carbonyl (C=O) groups excluding carboxylic acids is 2. The van der Waals surface area contributed by atoms with E-state index in [0.29, 0.717) is 31.2 Å². The Kier molecular flexibility index (Phi) is 9.10. The summed E-state index contributed by atoms with van der Waals surface area (Å²) in [6.45, 7) is 8.14. The van der Waals surface area contributed by atoms with Crippen molar-refractivity contribution in [2.24, 2.45) is 0 Å². The average molecular weight is 481 g/mol. The number of hydrogen-bond acceptors (Lipinski definition) is 6. The highest BCUT2D eigenvalue weighted by molar-refractivity contribution is 7.89. The molecule has 0 radical (unpaired) electrons. The second-order valence-corrected chi connectivity index (χ2v) is 10.5. The number of ether oxygens (including phenoxy) is 1. The maximum Gasteiger partial charge on any atom is 0.338 e. The van der Waals surface area contributed by atoms with E-state index >= 15 is 0 Å². The summed E-state index contributed by atoms with van der Waals surface area (Å²) in [7, 11) is -3.69. The molecule has 0 aromatic heterocycles. The maximum absolute atomic E-state index is 12.9. The highest BCUT2D eigenvalue weighted by Gasteiger charge is 2.30. The lowest BCUT2D eigenvalue weighted by Gasteiger charge is -2.34. The summed E-state index contributed by atoms with van der Waals surface area (Å²) in [6.07, 6.45) is 4.70. The Labute approximate surface area is 197 Å². The molecule has 0 spiro atoms. The average Bonchev–Trinajstić information content (AvgIpc) is 2.83. The Morgan fingerprint density at radius 3 is 2.39 bits per heavy atom. The maximum atomic E-state index is 12.9. The van der Waals surface area contributed by atoms with Gasteiger partial charge in [-0.1, -0.05) is 6.42 Å². The number of urea groups is 1. The van der Waals surface area contributed by atoms with Crippen LogP contribution >= 0.6 is 0 Å². The first-order valence-electron chi connectivity index (χ1n) is 11.9. The van der Waals surface area contributed by atoms with Crippen LogP contribution in [0.4, 0.5) is 4.79 Å². The fourth-order valence-electron chi connectivity index (χ4n) is 4.34. The Balaban J connectivity index is 1.43. The van der Waals surface area contributed by atoms with E-state index in [2.05, 4.69) is 17.1 Å². The zero-order valence-corrected chi connectivity index (χ0v) is 20.5. The molecule has 2 saturated heterocycles. The molecule has 33 heavy (non-hydrogen) atoms. The predicted octanol–water partition coefficient (Wildman–Crippen LogP) is 2.14. The van der Waals surface area contributed by atoms with Gasteiger partial charge in [0.15, 0.2) is 0 Å². The molecule has 0 bridgehead atoms. The van der Waals surface area contributed by atoms with Crippen LogP contribution in [0.1, 0.15) is 49.9 Å². The van der Waals surface area contributed by atoms with E-state index in [4.69, 9.17) is 4.74 Å². The van der Waals surface area contributed by atoms with Gasteiger partial charge in [0.2, 0.25) is 10.0 Å². The summed E-state index contributed by atoms with van der Waals surface area (Å²) in [4.78, 5) is 28.5. The zero-order chi connectivity index (χ0) is 23.8. The Hall–Kier alpha value is -2.17. The van der Waals surface area contributed by atoms with E-state index in [1.165, 1.54) is 47.8 Å². The lowest BCUT2D eigenvalue weighted by molar-refractivity contribution is 0.0526. The molecule has 2 aliphatic heterocycles. The lowest BCUT2D eigenvalue weighted by Crippen LogP contribution is -2.53. The van der Waals surface area contributed by atoms with Crippen molar-refractivity contribution in [3.63, 3.8) is 0 Å². The molecule has 2 aliphatic rings. The van der Waals surface area contributed by atoms with Crippen LogP contribution in [-0.2, 0) is 14.8 Å². The number of amides is 2. The first kappa shape index (κ1) is 25.5. The van der Waals surface area contributed by atoms with Crippen molar-refractivity contribution < 1.29 is 22.7 Å². The number of likely N-dealkylation sites (tertiary alicyclic amines) is 1. The molecule has 2 amide bonds. The molecule has 1 aromatic rings. The summed E-state index contributed by atoms with van der Waals surface area (Å²) in [5, 5.41) is 2.97.